The van der Waals surface area contributed by atoms with Gasteiger partial charge in [0.25, 0.3) is 0 Å². The monoisotopic (exact) mass is 229 g/mol. The molecule has 2 aromatic heterocycles. The summed E-state index contributed by atoms with van der Waals surface area (Å²) in [5.74, 6) is 1.07. The highest BCUT2D eigenvalue weighted by molar-refractivity contribution is 5.31. The summed E-state index contributed by atoms with van der Waals surface area (Å²) in [6.45, 7) is 0.638. The zero-order valence-electron chi connectivity index (χ0n) is 9.54. The number of ether oxygens (including phenoxy) is 1. The van der Waals surface area contributed by atoms with Crippen LogP contribution in [0.3, 0.4) is 0 Å². The lowest BCUT2D eigenvalue weighted by atomic mass is 10.1. The third-order valence-corrected chi connectivity index (χ3v) is 2.35. The van der Waals surface area contributed by atoms with Crippen molar-refractivity contribution < 1.29 is 4.74 Å². The number of hydrogen-bond donors (Lipinski definition) is 1. The first-order valence-electron chi connectivity index (χ1n) is 5.59. The number of aromatic nitrogens is 2. The Bertz CT molecular complexity index is 459. The number of nitrogens with zero attached hydrogens (tertiary/aromatic N) is 2. The van der Waals surface area contributed by atoms with Crippen LogP contribution in [0.2, 0.25) is 0 Å². The Kier molecular flexibility index (Phi) is 3.91. The molecule has 2 heterocycles. The minimum absolute atomic E-state index is 0.483. The van der Waals surface area contributed by atoms with Crippen molar-refractivity contribution in [2.45, 2.75) is 12.8 Å². The molecule has 4 heteroatoms. The van der Waals surface area contributed by atoms with Gasteiger partial charge in [0.1, 0.15) is 5.82 Å². The third-order valence-electron chi connectivity index (χ3n) is 2.35. The number of pyridine rings is 2. The number of hydrogen-bond acceptors (Lipinski definition) is 4. The van der Waals surface area contributed by atoms with Crippen LogP contribution >= 0.6 is 0 Å². The van der Waals surface area contributed by atoms with Crippen LogP contribution in [0.25, 0.3) is 0 Å². The zero-order chi connectivity index (χ0) is 11.9. The molecule has 0 fully saturated rings. The van der Waals surface area contributed by atoms with Gasteiger partial charge in [-0.2, -0.15) is 4.98 Å². The van der Waals surface area contributed by atoms with Gasteiger partial charge in [-0.25, -0.2) is 0 Å². The molecule has 0 saturated heterocycles. The molecule has 2 rings (SSSR count). The van der Waals surface area contributed by atoms with Crippen LogP contribution in [0.4, 0.5) is 5.82 Å². The van der Waals surface area contributed by atoms with Gasteiger partial charge in [0.2, 0.25) is 5.88 Å². The molecule has 0 atom stereocenters. The van der Waals surface area contributed by atoms with Crippen LogP contribution in [-0.2, 0) is 6.42 Å². The van der Waals surface area contributed by atoms with Gasteiger partial charge in [-0.05, 0) is 36.6 Å². The Labute approximate surface area is 100 Å². The zero-order valence-corrected chi connectivity index (χ0v) is 9.54. The topological polar surface area (TPSA) is 61.0 Å². The highest BCUT2D eigenvalue weighted by atomic mass is 16.5. The lowest BCUT2D eigenvalue weighted by Gasteiger charge is -2.05. The van der Waals surface area contributed by atoms with E-state index >= 15 is 0 Å². The molecule has 2 N–H and O–H groups in total. The van der Waals surface area contributed by atoms with Crippen LogP contribution in [0.1, 0.15) is 12.0 Å². The highest BCUT2D eigenvalue weighted by Gasteiger charge is 1.96. The van der Waals surface area contributed by atoms with E-state index in [-0.39, 0.29) is 0 Å². The first-order valence-corrected chi connectivity index (χ1v) is 5.59. The molecule has 0 aromatic carbocycles. The van der Waals surface area contributed by atoms with Crippen molar-refractivity contribution in [3.05, 3.63) is 48.3 Å². The van der Waals surface area contributed by atoms with Crippen molar-refractivity contribution in [1.29, 1.82) is 0 Å². The molecular weight excluding hydrogens is 214 g/mol. The lowest BCUT2D eigenvalue weighted by Crippen LogP contribution is -2.02. The van der Waals surface area contributed by atoms with Crippen LogP contribution in [-0.4, -0.2) is 16.6 Å². The van der Waals surface area contributed by atoms with E-state index in [1.807, 2.05) is 24.3 Å². The van der Waals surface area contributed by atoms with Crippen molar-refractivity contribution in [3.63, 3.8) is 0 Å². The fourth-order valence-electron chi connectivity index (χ4n) is 1.51. The average molecular weight is 229 g/mol. The van der Waals surface area contributed by atoms with Crippen molar-refractivity contribution >= 4 is 5.82 Å². The molecule has 0 aliphatic heterocycles. The Hall–Kier alpha value is -2.10. The number of nitrogens with two attached hydrogens (primary N) is 1. The Morgan fingerprint density at radius 1 is 1.12 bits per heavy atom. The first kappa shape index (κ1) is 11.4. The van der Waals surface area contributed by atoms with E-state index < -0.39 is 0 Å². The van der Waals surface area contributed by atoms with Gasteiger partial charge in [-0.1, -0.05) is 6.07 Å². The van der Waals surface area contributed by atoms with Crippen LogP contribution in [0, 0.1) is 0 Å². The van der Waals surface area contributed by atoms with Gasteiger partial charge < -0.3 is 10.5 Å². The van der Waals surface area contributed by atoms with Crippen molar-refractivity contribution in [2.75, 3.05) is 12.3 Å². The average Bonchev–Trinajstić information content (AvgIpc) is 2.36. The van der Waals surface area contributed by atoms with Crippen molar-refractivity contribution in [1.82, 2.24) is 9.97 Å². The molecule has 0 radical (unpaired) electrons. The molecule has 4 nitrogen and oxygen atoms in total. The van der Waals surface area contributed by atoms with Gasteiger partial charge in [-0.3, -0.25) is 4.98 Å². The predicted octanol–water partition coefficient (Wildman–Crippen LogP) is 2.07. The SMILES string of the molecule is Nc1cccc(OCCCc2ccncc2)n1. The molecule has 0 saturated carbocycles. The van der Waals surface area contributed by atoms with E-state index in [9.17, 15) is 0 Å². The largest absolute Gasteiger partial charge is 0.478 e. The summed E-state index contributed by atoms with van der Waals surface area (Å²) in [5.41, 5.74) is 6.82. The second kappa shape index (κ2) is 5.84. The molecule has 0 amide bonds. The smallest absolute Gasteiger partial charge is 0.215 e. The maximum Gasteiger partial charge on any atom is 0.215 e. The first-order chi connectivity index (χ1) is 8.34. The van der Waals surface area contributed by atoms with Crippen LogP contribution < -0.4 is 10.5 Å². The number of aryl methyl sites for hydroxylation is 1. The molecule has 17 heavy (non-hydrogen) atoms. The molecule has 0 bridgehead atoms. The van der Waals surface area contributed by atoms with Crippen molar-refractivity contribution in [3.8, 4) is 5.88 Å². The summed E-state index contributed by atoms with van der Waals surface area (Å²) < 4.78 is 5.50. The molecule has 0 spiro atoms. The van der Waals surface area contributed by atoms with Crippen LogP contribution in [0.5, 0.6) is 5.88 Å². The van der Waals surface area contributed by atoms with Gasteiger partial charge in [0.15, 0.2) is 0 Å². The Morgan fingerprint density at radius 2 is 1.94 bits per heavy atom. The summed E-state index contributed by atoms with van der Waals surface area (Å²) in [5, 5.41) is 0. The van der Waals surface area contributed by atoms with Crippen molar-refractivity contribution in [2.24, 2.45) is 0 Å². The van der Waals surface area contributed by atoms with E-state index in [0.29, 0.717) is 18.3 Å². The highest BCUT2D eigenvalue weighted by Crippen LogP contribution is 2.09. The van der Waals surface area contributed by atoms with Gasteiger partial charge in [-0.15, -0.1) is 0 Å². The van der Waals surface area contributed by atoms with Gasteiger partial charge in [0, 0.05) is 18.5 Å². The van der Waals surface area contributed by atoms with Crippen LogP contribution in [0.15, 0.2) is 42.7 Å². The molecule has 0 aliphatic rings. The molecular formula is C13H15N3O. The number of nitrogen functional groups attached to an aromatic ring is 1. The van der Waals surface area contributed by atoms with E-state index in [1.165, 1.54) is 5.56 Å². The molecule has 0 unspecified atom stereocenters. The third kappa shape index (κ3) is 3.75. The Morgan fingerprint density at radius 3 is 2.71 bits per heavy atom. The van der Waals surface area contributed by atoms with E-state index in [0.717, 1.165) is 12.8 Å². The number of anilines is 1. The van der Waals surface area contributed by atoms with E-state index in [2.05, 4.69) is 9.97 Å². The molecule has 0 aliphatic carbocycles. The minimum Gasteiger partial charge on any atom is -0.478 e. The van der Waals surface area contributed by atoms with Gasteiger partial charge in [0.05, 0.1) is 6.61 Å². The second-order valence-electron chi connectivity index (χ2n) is 3.71. The maximum atomic E-state index is 5.56. The molecule has 88 valence electrons. The Balaban J connectivity index is 1.73. The summed E-state index contributed by atoms with van der Waals surface area (Å²) in [4.78, 5) is 8.04. The summed E-state index contributed by atoms with van der Waals surface area (Å²) in [7, 11) is 0. The lowest BCUT2D eigenvalue weighted by molar-refractivity contribution is 0.300. The minimum atomic E-state index is 0.483. The maximum absolute atomic E-state index is 5.56. The number of rotatable bonds is 5. The second-order valence-corrected chi connectivity index (χ2v) is 3.71. The molecule has 2 aromatic rings. The fraction of sp³-hybridized carbons (Fsp3) is 0.231. The standard InChI is InChI=1S/C13H15N3O/c14-12-4-1-5-13(16-12)17-10-2-3-11-6-8-15-9-7-11/h1,4-9H,2-3,10H2,(H2,14,16). The summed E-state index contributed by atoms with van der Waals surface area (Å²) >= 11 is 0. The van der Waals surface area contributed by atoms with E-state index in [1.54, 1.807) is 18.5 Å². The van der Waals surface area contributed by atoms with E-state index in [4.69, 9.17) is 10.5 Å². The normalized spacial score (nSPS) is 10.1. The summed E-state index contributed by atoms with van der Waals surface area (Å²) in [6.07, 6.45) is 5.52. The summed E-state index contributed by atoms with van der Waals surface area (Å²) in [6, 6.07) is 9.41. The quantitative estimate of drug-likeness (QED) is 0.797. The van der Waals surface area contributed by atoms with Gasteiger partial charge >= 0.3 is 0 Å². The fourth-order valence-corrected chi connectivity index (χ4v) is 1.51. The predicted molar refractivity (Wildman–Crippen MR) is 66.7 cm³/mol.